The van der Waals surface area contributed by atoms with Gasteiger partial charge in [0.05, 0.1) is 30.9 Å². The van der Waals surface area contributed by atoms with E-state index >= 15 is 0 Å². The molecule has 0 unspecified atom stereocenters. The third-order valence-electron chi connectivity index (χ3n) is 3.40. The summed E-state index contributed by atoms with van der Waals surface area (Å²) in [4.78, 5) is 12.7. The Morgan fingerprint density at radius 1 is 1.16 bits per heavy atom. The van der Waals surface area contributed by atoms with E-state index in [9.17, 15) is 0 Å². The number of aromatic nitrogens is 3. The van der Waals surface area contributed by atoms with Gasteiger partial charge in [-0.15, -0.1) is 0 Å². The molecule has 0 aliphatic rings. The molecule has 0 amide bonds. The number of hydrogen-bond donors (Lipinski definition) is 1. The number of halogens is 1. The molecule has 0 fully saturated rings. The minimum atomic E-state index is 0.585. The highest BCUT2D eigenvalue weighted by Crippen LogP contribution is 2.16. The summed E-state index contributed by atoms with van der Waals surface area (Å²) in [5.74, 6) is 0.665. The standard InChI is InChI=1S/C18H16BrN5O/c1-25-16-9-15(11-20-12-16)23-24-17(10-14-4-2-3-6-21-14)13-5-7-22-18(19)8-13/h2-9,11-12,23H,10H2,1H3/b24-17+. The SMILES string of the molecule is COc1cncc(N/N=C(\Cc2ccccn2)c2ccnc(Br)c2)c1. The number of hydrazone groups is 1. The molecule has 0 saturated heterocycles. The molecule has 3 aromatic rings. The Morgan fingerprint density at radius 3 is 2.84 bits per heavy atom. The molecule has 0 atom stereocenters. The Morgan fingerprint density at radius 2 is 2.08 bits per heavy atom. The third-order valence-corrected chi connectivity index (χ3v) is 3.84. The summed E-state index contributed by atoms with van der Waals surface area (Å²) < 4.78 is 5.93. The van der Waals surface area contributed by atoms with E-state index < -0.39 is 0 Å². The van der Waals surface area contributed by atoms with Gasteiger partial charge in [0.15, 0.2) is 0 Å². The molecule has 0 spiro atoms. The predicted molar refractivity (Wildman–Crippen MR) is 101 cm³/mol. The van der Waals surface area contributed by atoms with Crippen LogP contribution in [-0.4, -0.2) is 27.8 Å². The number of ether oxygens (including phenoxy) is 1. The van der Waals surface area contributed by atoms with Crippen molar-refractivity contribution in [3.8, 4) is 5.75 Å². The minimum Gasteiger partial charge on any atom is -0.495 e. The lowest BCUT2D eigenvalue weighted by atomic mass is 10.1. The van der Waals surface area contributed by atoms with Gasteiger partial charge in [0.25, 0.3) is 0 Å². The molecule has 0 aliphatic carbocycles. The van der Waals surface area contributed by atoms with E-state index in [-0.39, 0.29) is 0 Å². The minimum absolute atomic E-state index is 0.585. The molecule has 0 radical (unpaired) electrons. The molecule has 0 aliphatic heterocycles. The molecule has 6 nitrogen and oxygen atoms in total. The van der Waals surface area contributed by atoms with Crippen molar-refractivity contribution in [2.45, 2.75) is 6.42 Å². The highest BCUT2D eigenvalue weighted by Gasteiger charge is 2.08. The zero-order valence-electron chi connectivity index (χ0n) is 13.6. The van der Waals surface area contributed by atoms with Crippen molar-refractivity contribution in [1.82, 2.24) is 15.0 Å². The molecule has 7 heteroatoms. The fourth-order valence-electron chi connectivity index (χ4n) is 2.19. The van der Waals surface area contributed by atoms with Crippen LogP contribution in [0.5, 0.6) is 5.75 Å². The van der Waals surface area contributed by atoms with Crippen LogP contribution < -0.4 is 10.2 Å². The van der Waals surface area contributed by atoms with Crippen molar-refractivity contribution >= 4 is 27.3 Å². The first-order chi connectivity index (χ1) is 12.2. The van der Waals surface area contributed by atoms with Gasteiger partial charge in [0, 0.05) is 36.1 Å². The van der Waals surface area contributed by atoms with Crippen LogP contribution in [0.2, 0.25) is 0 Å². The fraction of sp³-hybridized carbons (Fsp3) is 0.111. The summed E-state index contributed by atoms with van der Waals surface area (Å²) in [6, 6.07) is 11.5. The number of methoxy groups -OCH3 is 1. The van der Waals surface area contributed by atoms with Crippen LogP contribution in [0.25, 0.3) is 0 Å². The van der Waals surface area contributed by atoms with Crippen LogP contribution in [-0.2, 0) is 6.42 Å². The van der Waals surface area contributed by atoms with E-state index in [4.69, 9.17) is 4.74 Å². The smallest absolute Gasteiger partial charge is 0.139 e. The van der Waals surface area contributed by atoms with Gasteiger partial charge in [-0.25, -0.2) is 4.98 Å². The largest absolute Gasteiger partial charge is 0.495 e. The zero-order chi connectivity index (χ0) is 17.5. The number of anilines is 1. The van der Waals surface area contributed by atoms with Crippen LogP contribution in [0.1, 0.15) is 11.3 Å². The second-order valence-corrected chi connectivity index (χ2v) is 5.96. The highest BCUT2D eigenvalue weighted by atomic mass is 79.9. The first-order valence-corrected chi connectivity index (χ1v) is 8.37. The molecule has 3 heterocycles. The lowest BCUT2D eigenvalue weighted by molar-refractivity contribution is 0.413. The van der Waals surface area contributed by atoms with Gasteiger partial charge in [-0.3, -0.25) is 15.4 Å². The molecule has 0 aromatic carbocycles. The third kappa shape index (κ3) is 4.84. The Balaban J connectivity index is 1.89. The lowest BCUT2D eigenvalue weighted by Gasteiger charge is -2.09. The maximum atomic E-state index is 5.18. The van der Waals surface area contributed by atoms with Gasteiger partial charge in [-0.2, -0.15) is 5.10 Å². The van der Waals surface area contributed by atoms with Crippen molar-refractivity contribution in [3.05, 3.63) is 77.0 Å². The maximum absolute atomic E-state index is 5.18. The summed E-state index contributed by atoms with van der Waals surface area (Å²) in [5, 5.41) is 4.56. The summed E-state index contributed by atoms with van der Waals surface area (Å²) >= 11 is 3.40. The molecular weight excluding hydrogens is 382 g/mol. The van der Waals surface area contributed by atoms with Gasteiger partial charge in [0.1, 0.15) is 10.4 Å². The van der Waals surface area contributed by atoms with Gasteiger partial charge < -0.3 is 4.74 Å². The Hall–Kier alpha value is -2.80. The van der Waals surface area contributed by atoms with E-state index in [1.54, 1.807) is 31.9 Å². The van der Waals surface area contributed by atoms with Crippen LogP contribution >= 0.6 is 15.9 Å². The maximum Gasteiger partial charge on any atom is 0.139 e. The second-order valence-electron chi connectivity index (χ2n) is 5.15. The molecular formula is C18H16BrN5O. The van der Waals surface area contributed by atoms with Crippen molar-refractivity contribution in [2.75, 3.05) is 12.5 Å². The molecule has 0 saturated carbocycles. The number of nitrogens with one attached hydrogen (secondary N) is 1. The van der Waals surface area contributed by atoms with Gasteiger partial charge in [-0.1, -0.05) is 6.07 Å². The fourth-order valence-corrected chi connectivity index (χ4v) is 2.55. The van der Waals surface area contributed by atoms with Crippen LogP contribution in [0.3, 0.4) is 0 Å². The van der Waals surface area contributed by atoms with Crippen molar-refractivity contribution < 1.29 is 4.74 Å². The van der Waals surface area contributed by atoms with E-state index in [1.807, 2.05) is 36.4 Å². The van der Waals surface area contributed by atoms with E-state index in [1.165, 1.54) is 0 Å². The Labute approximate surface area is 154 Å². The molecule has 0 bridgehead atoms. The predicted octanol–water partition coefficient (Wildman–Crippen LogP) is 3.70. The van der Waals surface area contributed by atoms with E-state index in [0.717, 1.165) is 27.3 Å². The first kappa shape index (κ1) is 17.0. The molecule has 25 heavy (non-hydrogen) atoms. The van der Waals surface area contributed by atoms with Crippen LogP contribution in [0.4, 0.5) is 5.69 Å². The Bertz CT molecular complexity index is 870. The van der Waals surface area contributed by atoms with E-state index in [0.29, 0.717) is 12.2 Å². The monoisotopic (exact) mass is 397 g/mol. The normalized spacial score (nSPS) is 11.2. The molecule has 3 rings (SSSR count). The van der Waals surface area contributed by atoms with Crippen molar-refractivity contribution in [3.63, 3.8) is 0 Å². The second kappa shape index (κ2) is 8.34. The summed E-state index contributed by atoms with van der Waals surface area (Å²) in [6.07, 6.45) is 7.42. The molecule has 1 N–H and O–H groups in total. The Kier molecular flexibility index (Phi) is 5.69. The van der Waals surface area contributed by atoms with E-state index in [2.05, 4.69) is 41.4 Å². The highest BCUT2D eigenvalue weighted by molar-refractivity contribution is 9.10. The van der Waals surface area contributed by atoms with Gasteiger partial charge in [-0.05, 0) is 40.2 Å². The van der Waals surface area contributed by atoms with Crippen LogP contribution in [0.15, 0.2) is 70.9 Å². The summed E-state index contributed by atoms with van der Waals surface area (Å²) in [6.45, 7) is 0. The van der Waals surface area contributed by atoms with Gasteiger partial charge in [0.2, 0.25) is 0 Å². The number of hydrogen-bond acceptors (Lipinski definition) is 6. The first-order valence-electron chi connectivity index (χ1n) is 7.58. The molecule has 126 valence electrons. The number of pyridine rings is 3. The van der Waals surface area contributed by atoms with Crippen molar-refractivity contribution in [2.24, 2.45) is 5.10 Å². The average Bonchev–Trinajstić information content (AvgIpc) is 2.66. The molecule has 3 aromatic heterocycles. The number of rotatable bonds is 6. The number of nitrogens with zero attached hydrogens (tertiary/aromatic N) is 4. The quantitative estimate of drug-likeness (QED) is 0.390. The van der Waals surface area contributed by atoms with Crippen LogP contribution in [0, 0.1) is 0 Å². The average molecular weight is 398 g/mol. The van der Waals surface area contributed by atoms with Crippen molar-refractivity contribution in [1.29, 1.82) is 0 Å². The van der Waals surface area contributed by atoms with Gasteiger partial charge >= 0.3 is 0 Å². The zero-order valence-corrected chi connectivity index (χ0v) is 15.1. The summed E-state index contributed by atoms with van der Waals surface area (Å²) in [5.41, 5.74) is 6.50. The summed E-state index contributed by atoms with van der Waals surface area (Å²) in [7, 11) is 1.60. The lowest BCUT2D eigenvalue weighted by Crippen LogP contribution is -2.10. The topological polar surface area (TPSA) is 72.3 Å².